The summed E-state index contributed by atoms with van der Waals surface area (Å²) in [4.78, 5) is 19.3. The molecule has 9 rings (SSSR count). The van der Waals surface area contributed by atoms with Crippen LogP contribution in [0.2, 0.25) is 0 Å². The van der Waals surface area contributed by atoms with Crippen molar-refractivity contribution in [3.05, 3.63) is 158 Å². The molecular formula is C40H26N6. The van der Waals surface area contributed by atoms with E-state index in [1.165, 1.54) is 0 Å². The Bertz CT molecular complexity index is 2460. The smallest absolute Gasteiger partial charge is 0.238 e. The van der Waals surface area contributed by atoms with E-state index < -0.39 is 0 Å². The van der Waals surface area contributed by atoms with Gasteiger partial charge in [0.25, 0.3) is 0 Å². The third kappa shape index (κ3) is 4.35. The van der Waals surface area contributed by atoms with Gasteiger partial charge in [-0.2, -0.15) is 4.98 Å². The molecule has 0 aliphatic rings. The van der Waals surface area contributed by atoms with Crippen LogP contribution < -0.4 is 0 Å². The Balaban J connectivity index is 1.24. The third-order valence-electron chi connectivity index (χ3n) is 8.54. The maximum atomic E-state index is 5.10. The van der Waals surface area contributed by atoms with Crippen molar-refractivity contribution in [1.29, 1.82) is 0 Å². The van der Waals surface area contributed by atoms with Crippen molar-refractivity contribution in [3.63, 3.8) is 0 Å². The molecule has 0 spiro atoms. The van der Waals surface area contributed by atoms with Gasteiger partial charge in [-0.15, -0.1) is 0 Å². The molecule has 6 heteroatoms. The number of para-hydroxylation sites is 2. The first-order valence-corrected chi connectivity index (χ1v) is 15.2. The third-order valence-corrected chi connectivity index (χ3v) is 8.54. The minimum atomic E-state index is 0.560. The monoisotopic (exact) mass is 590 g/mol. The van der Waals surface area contributed by atoms with Crippen LogP contribution in [0.25, 0.3) is 78.1 Å². The average molecular weight is 591 g/mol. The number of hydrogen-bond acceptors (Lipinski definition) is 4. The second kappa shape index (κ2) is 10.6. The molecule has 46 heavy (non-hydrogen) atoms. The Morgan fingerprint density at radius 3 is 1.78 bits per heavy atom. The van der Waals surface area contributed by atoms with Crippen LogP contribution in [-0.2, 0) is 0 Å². The molecule has 0 saturated heterocycles. The van der Waals surface area contributed by atoms with Crippen LogP contribution in [0.3, 0.4) is 0 Å². The van der Waals surface area contributed by atoms with Crippen LogP contribution in [0.5, 0.6) is 0 Å². The second-order valence-electron chi connectivity index (χ2n) is 11.3. The van der Waals surface area contributed by atoms with Crippen molar-refractivity contribution >= 4 is 32.8 Å². The van der Waals surface area contributed by atoms with Gasteiger partial charge in [0.05, 0.1) is 22.1 Å². The lowest BCUT2D eigenvalue weighted by Crippen LogP contribution is -2.03. The number of rotatable bonds is 5. The lowest BCUT2D eigenvalue weighted by Gasteiger charge is -2.11. The lowest BCUT2D eigenvalue weighted by atomic mass is 9.96. The van der Waals surface area contributed by atoms with E-state index in [1.54, 1.807) is 6.33 Å². The molecule has 0 radical (unpaired) electrons. The first-order valence-electron chi connectivity index (χ1n) is 15.2. The van der Waals surface area contributed by atoms with E-state index >= 15 is 0 Å². The minimum Gasteiger partial charge on any atom is -0.299 e. The van der Waals surface area contributed by atoms with Crippen molar-refractivity contribution in [1.82, 2.24) is 29.1 Å². The number of benzene rings is 6. The molecule has 0 N–H and O–H groups in total. The summed E-state index contributed by atoms with van der Waals surface area (Å²) in [5.41, 5.74) is 10.4. The van der Waals surface area contributed by atoms with E-state index in [-0.39, 0.29) is 0 Å². The molecule has 3 heterocycles. The van der Waals surface area contributed by atoms with E-state index in [4.69, 9.17) is 15.0 Å². The second-order valence-corrected chi connectivity index (χ2v) is 11.3. The number of imidazole rings is 1. The molecule has 0 aliphatic carbocycles. The molecule has 3 aromatic heterocycles. The SMILES string of the molecule is c1ccc(-c2cc(-c3ccccc3)cc(-c3ncnc(-n4c5ccccc5c5cc6c(cc54)ncn6-c4ccccc4)n3)c2)cc1. The zero-order valence-corrected chi connectivity index (χ0v) is 24.7. The Morgan fingerprint density at radius 2 is 1.07 bits per heavy atom. The standard InChI is InChI=1S/C40H26N6/c1-4-12-27(13-5-1)29-20-30(28-14-6-2-7-15-28)22-31(21-29)39-41-25-42-40(44-39)46-36-19-11-10-18-33(36)34-23-38-35(24-37(34)46)43-26-45(38)32-16-8-3-9-17-32/h1-26H. The van der Waals surface area contributed by atoms with Crippen LogP contribution >= 0.6 is 0 Å². The zero-order valence-electron chi connectivity index (χ0n) is 24.7. The topological polar surface area (TPSA) is 61.4 Å². The molecule has 0 unspecified atom stereocenters. The van der Waals surface area contributed by atoms with Crippen LogP contribution in [0, 0.1) is 0 Å². The highest BCUT2D eigenvalue weighted by Crippen LogP contribution is 2.36. The maximum absolute atomic E-state index is 5.10. The summed E-state index contributed by atoms with van der Waals surface area (Å²) in [6.45, 7) is 0. The number of aromatic nitrogens is 6. The van der Waals surface area contributed by atoms with Crippen molar-refractivity contribution in [3.8, 4) is 45.3 Å². The normalized spacial score (nSPS) is 11.5. The van der Waals surface area contributed by atoms with Gasteiger partial charge in [0, 0.05) is 22.0 Å². The number of hydrogen-bond donors (Lipinski definition) is 0. The zero-order chi connectivity index (χ0) is 30.5. The van der Waals surface area contributed by atoms with Gasteiger partial charge < -0.3 is 0 Å². The molecule has 9 aromatic rings. The molecule has 0 aliphatic heterocycles. The Labute approximate surface area is 264 Å². The predicted octanol–water partition coefficient (Wildman–Crippen LogP) is 9.31. The number of fused-ring (bicyclic) bond motifs is 4. The summed E-state index contributed by atoms with van der Waals surface area (Å²) in [6, 6.07) is 50.4. The fourth-order valence-electron chi connectivity index (χ4n) is 6.37. The Kier molecular flexibility index (Phi) is 6.03. The van der Waals surface area contributed by atoms with Crippen LogP contribution in [0.15, 0.2) is 158 Å². The Hall–Kier alpha value is -6.40. The minimum absolute atomic E-state index is 0.560. The van der Waals surface area contributed by atoms with Crippen molar-refractivity contribution in [2.45, 2.75) is 0 Å². The van der Waals surface area contributed by atoms with E-state index in [0.717, 1.165) is 66.3 Å². The van der Waals surface area contributed by atoms with Gasteiger partial charge in [-0.3, -0.25) is 9.13 Å². The maximum Gasteiger partial charge on any atom is 0.238 e. The van der Waals surface area contributed by atoms with Gasteiger partial charge in [0.15, 0.2) is 5.82 Å². The quantitative estimate of drug-likeness (QED) is 0.200. The molecule has 0 fully saturated rings. The molecule has 6 aromatic carbocycles. The Morgan fingerprint density at radius 1 is 0.435 bits per heavy atom. The first kappa shape index (κ1) is 26.0. The summed E-state index contributed by atoms with van der Waals surface area (Å²) in [6.07, 6.45) is 3.49. The summed E-state index contributed by atoms with van der Waals surface area (Å²) in [5, 5.41) is 2.24. The summed E-state index contributed by atoms with van der Waals surface area (Å²) < 4.78 is 4.25. The number of nitrogens with zero attached hydrogens (tertiary/aromatic N) is 6. The molecule has 0 bridgehead atoms. The van der Waals surface area contributed by atoms with Gasteiger partial charge >= 0.3 is 0 Å². The molecule has 6 nitrogen and oxygen atoms in total. The van der Waals surface area contributed by atoms with Gasteiger partial charge in [-0.1, -0.05) is 97.1 Å². The lowest BCUT2D eigenvalue weighted by molar-refractivity contribution is 0.947. The van der Waals surface area contributed by atoms with E-state index in [9.17, 15) is 0 Å². The van der Waals surface area contributed by atoms with E-state index in [2.05, 4.69) is 129 Å². The summed E-state index contributed by atoms with van der Waals surface area (Å²) in [5.74, 6) is 1.17. The molecular weight excluding hydrogens is 564 g/mol. The highest BCUT2D eigenvalue weighted by atomic mass is 15.2. The fourth-order valence-corrected chi connectivity index (χ4v) is 6.37. The fraction of sp³-hybridized carbons (Fsp3) is 0. The molecule has 0 amide bonds. The van der Waals surface area contributed by atoms with Crippen LogP contribution in [-0.4, -0.2) is 29.1 Å². The predicted molar refractivity (Wildman–Crippen MR) is 185 cm³/mol. The van der Waals surface area contributed by atoms with Gasteiger partial charge in [-0.05, 0) is 70.8 Å². The van der Waals surface area contributed by atoms with Crippen molar-refractivity contribution in [2.24, 2.45) is 0 Å². The van der Waals surface area contributed by atoms with Gasteiger partial charge in [0.1, 0.15) is 12.7 Å². The van der Waals surface area contributed by atoms with E-state index in [0.29, 0.717) is 11.8 Å². The summed E-state index contributed by atoms with van der Waals surface area (Å²) >= 11 is 0. The summed E-state index contributed by atoms with van der Waals surface area (Å²) in [7, 11) is 0. The van der Waals surface area contributed by atoms with Crippen LogP contribution in [0.4, 0.5) is 0 Å². The average Bonchev–Trinajstić information content (AvgIpc) is 3.70. The molecule has 216 valence electrons. The van der Waals surface area contributed by atoms with E-state index in [1.807, 2.05) is 36.7 Å². The van der Waals surface area contributed by atoms with Crippen LogP contribution in [0.1, 0.15) is 0 Å². The van der Waals surface area contributed by atoms with Gasteiger partial charge in [0.2, 0.25) is 5.95 Å². The highest BCUT2D eigenvalue weighted by Gasteiger charge is 2.18. The molecule has 0 atom stereocenters. The van der Waals surface area contributed by atoms with Crippen molar-refractivity contribution in [2.75, 3.05) is 0 Å². The van der Waals surface area contributed by atoms with Gasteiger partial charge in [-0.25, -0.2) is 15.0 Å². The largest absolute Gasteiger partial charge is 0.299 e. The van der Waals surface area contributed by atoms with Crippen molar-refractivity contribution < 1.29 is 0 Å². The first-order chi connectivity index (χ1) is 22.8. The molecule has 0 saturated carbocycles. The highest BCUT2D eigenvalue weighted by molar-refractivity contribution is 6.12.